The molecule has 6 aromatic carbocycles. The molecular formula is C43H31N3. The van der Waals surface area contributed by atoms with Gasteiger partial charge in [-0.15, -0.1) is 0 Å². The van der Waals surface area contributed by atoms with Gasteiger partial charge in [-0.05, 0) is 74.2 Å². The molecule has 1 heterocycles. The Kier molecular flexibility index (Phi) is 5.91. The van der Waals surface area contributed by atoms with E-state index in [2.05, 4.69) is 92.7 Å². The molecule has 0 bridgehead atoms. The predicted molar refractivity (Wildman–Crippen MR) is 187 cm³/mol. The standard InChI is InChI=1S/C43H31N3/c1-43(2)37-19-10-9-18-34(37)39-36-26-31-21-20-30(25-35(31)33(36)22-23-38(39)43)29-16-11-17-32(24-29)42-45-40(27-12-5-3-6-13-27)44-41(46-42)28-14-7-4-8-15-28/h3-25H,26H2,1-2H3. The fourth-order valence-electron chi connectivity index (χ4n) is 7.43. The maximum absolute atomic E-state index is 4.96. The highest BCUT2D eigenvalue weighted by molar-refractivity contribution is 5.92. The summed E-state index contributed by atoms with van der Waals surface area (Å²) in [6, 6.07) is 49.5. The number of hydrogen-bond donors (Lipinski definition) is 0. The number of fused-ring (bicyclic) bond motifs is 7. The molecule has 2 aliphatic rings. The first-order chi connectivity index (χ1) is 22.5. The number of aromatic nitrogens is 3. The van der Waals surface area contributed by atoms with Gasteiger partial charge in [0.1, 0.15) is 0 Å². The van der Waals surface area contributed by atoms with Gasteiger partial charge >= 0.3 is 0 Å². The Bertz CT molecular complexity index is 2240. The zero-order chi connectivity index (χ0) is 30.8. The third-order valence-corrected chi connectivity index (χ3v) is 9.78. The summed E-state index contributed by atoms with van der Waals surface area (Å²) in [6.07, 6.45) is 0.966. The van der Waals surface area contributed by atoms with Crippen LogP contribution >= 0.6 is 0 Å². The molecule has 0 fully saturated rings. The topological polar surface area (TPSA) is 38.7 Å². The molecule has 218 valence electrons. The molecular weight excluding hydrogens is 558 g/mol. The van der Waals surface area contributed by atoms with Crippen LogP contribution in [0.1, 0.15) is 36.1 Å². The second kappa shape index (κ2) is 10.2. The molecule has 3 heteroatoms. The van der Waals surface area contributed by atoms with Gasteiger partial charge in [0.05, 0.1) is 0 Å². The monoisotopic (exact) mass is 589 g/mol. The van der Waals surface area contributed by atoms with Crippen molar-refractivity contribution >= 4 is 0 Å². The summed E-state index contributed by atoms with van der Waals surface area (Å²) in [7, 11) is 0. The summed E-state index contributed by atoms with van der Waals surface area (Å²) >= 11 is 0. The lowest BCUT2D eigenvalue weighted by molar-refractivity contribution is 0.660. The molecule has 7 aromatic rings. The average Bonchev–Trinajstić information content (AvgIpc) is 3.60. The third-order valence-electron chi connectivity index (χ3n) is 9.78. The first-order valence-corrected chi connectivity index (χ1v) is 15.9. The summed E-state index contributed by atoms with van der Waals surface area (Å²) < 4.78 is 0. The van der Waals surface area contributed by atoms with E-state index in [9.17, 15) is 0 Å². The lowest BCUT2D eigenvalue weighted by Crippen LogP contribution is -2.14. The zero-order valence-corrected chi connectivity index (χ0v) is 25.8. The lowest BCUT2D eigenvalue weighted by Gasteiger charge is -2.21. The van der Waals surface area contributed by atoms with E-state index in [4.69, 9.17) is 15.0 Å². The normalized spacial score (nSPS) is 13.5. The summed E-state index contributed by atoms with van der Waals surface area (Å²) in [6.45, 7) is 4.71. The quantitative estimate of drug-likeness (QED) is 0.205. The molecule has 3 nitrogen and oxygen atoms in total. The van der Waals surface area contributed by atoms with E-state index in [1.807, 2.05) is 60.7 Å². The van der Waals surface area contributed by atoms with Crippen molar-refractivity contribution in [1.29, 1.82) is 0 Å². The lowest BCUT2D eigenvalue weighted by atomic mass is 9.82. The Balaban J connectivity index is 1.13. The van der Waals surface area contributed by atoms with Crippen LogP contribution in [0.4, 0.5) is 0 Å². The molecule has 0 spiro atoms. The smallest absolute Gasteiger partial charge is 0.164 e. The van der Waals surface area contributed by atoms with Crippen molar-refractivity contribution in [3.05, 3.63) is 162 Å². The van der Waals surface area contributed by atoms with Crippen molar-refractivity contribution in [1.82, 2.24) is 15.0 Å². The van der Waals surface area contributed by atoms with E-state index < -0.39 is 0 Å². The number of nitrogens with zero attached hydrogens (tertiary/aromatic N) is 3. The molecule has 0 radical (unpaired) electrons. The number of benzene rings is 6. The molecule has 0 aliphatic heterocycles. The average molecular weight is 590 g/mol. The maximum atomic E-state index is 4.96. The third kappa shape index (κ3) is 4.16. The first kappa shape index (κ1) is 26.7. The molecule has 0 atom stereocenters. The fraction of sp³-hybridized carbons (Fsp3) is 0.0930. The molecule has 0 unspecified atom stereocenters. The summed E-state index contributed by atoms with van der Waals surface area (Å²) in [5.41, 5.74) is 16.5. The van der Waals surface area contributed by atoms with Gasteiger partial charge in [-0.3, -0.25) is 0 Å². The van der Waals surface area contributed by atoms with Crippen molar-refractivity contribution in [2.45, 2.75) is 25.7 Å². The molecule has 9 rings (SSSR count). The SMILES string of the molecule is CC1(C)c2ccccc2-c2c1ccc1c2Cc2ccc(-c3cccc(-c4nc(-c5ccccc5)nc(-c5ccccc5)n4)c3)cc2-1. The van der Waals surface area contributed by atoms with E-state index in [0.717, 1.165) is 28.7 Å². The van der Waals surface area contributed by atoms with Crippen LogP contribution < -0.4 is 0 Å². The van der Waals surface area contributed by atoms with Crippen molar-refractivity contribution in [3.63, 3.8) is 0 Å². The number of rotatable bonds is 4. The van der Waals surface area contributed by atoms with Gasteiger partial charge in [0, 0.05) is 22.1 Å². The van der Waals surface area contributed by atoms with Crippen LogP contribution in [0.2, 0.25) is 0 Å². The highest BCUT2D eigenvalue weighted by Gasteiger charge is 2.38. The highest BCUT2D eigenvalue weighted by atomic mass is 15.0. The summed E-state index contributed by atoms with van der Waals surface area (Å²) in [5.74, 6) is 2.00. The van der Waals surface area contributed by atoms with Gasteiger partial charge in [0.25, 0.3) is 0 Å². The van der Waals surface area contributed by atoms with Crippen molar-refractivity contribution < 1.29 is 0 Å². The minimum absolute atomic E-state index is 0.0110. The van der Waals surface area contributed by atoms with Gasteiger partial charge in [-0.2, -0.15) is 0 Å². The van der Waals surface area contributed by atoms with Crippen LogP contribution in [0.25, 0.3) is 67.5 Å². The van der Waals surface area contributed by atoms with E-state index in [1.165, 1.54) is 50.1 Å². The van der Waals surface area contributed by atoms with Gasteiger partial charge < -0.3 is 0 Å². The molecule has 0 saturated carbocycles. The Labute approximate surface area is 269 Å². The van der Waals surface area contributed by atoms with Gasteiger partial charge in [-0.1, -0.05) is 141 Å². The maximum Gasteiger partial charge on any atom is 0.164 e. The van der Waals surface area contributed by atoms with Crippen LogP contribution in [0.15, 0.2) is 140 Å². The Morgan fingerprint density at radius 2 is 1.02 bits per heavy atom. The van der Waals surface area contributed by atoms with E-state index in [-0.39, 0.29) is 5.41 Å². The summed E-state index contributed by atoms with van der Waals surface area (Å²) in [5, 5.41) is 0. The van der Waals surface area contributed by atoms with Crippen molar-refractivity contribution in [2.75, 3.05) is 0 Å². The van der Waals surface area contributed by atoms with E-state index in [1.54, 1.807) is 0 Å². The Morgan fingerprint density at radius 3 is 1.74 bits per heavy atom. The van der Waals surface area contributed by atoms with Crippen LogP contribution in [-0.4, -0.2) is 15.0 Å². The molecule has 0 N–H and O–H groups in total. The minimum Gasteiger partial charge on any atom is -0.208 e. The Hall–Kier alpha value is -5.67. The number of hydrogen-bond acceptors (Lipinski definition) is 3. The highest BCUT2D eigenvalue weighted by Crippen LogP contribution is 2.54. The molecule has 2 aliphatic carbocycles. The molecule has 0 saturated heterocycles. The second-order valence-corrected chi connectivity index (χ2v) is 12.9. The van der Waals surface area contributed by atoms with Crippen LogP contribution in [0.5, 0.6) is 0 Å². The van der Waals surface area contributed by atoms with Crippen molar-refractivity contribution in [2.24, 2.45) is 0 Å². The van der Waals surface area contributed by atoms with E-state index in [0.29, 0.717) is 17.5 Å². The van der Waals surface area contributed by atoms with Gasteiger partial charge in [0.2, 0.25) is 0 Å². The molecule has 46 heavy (non-hydrogen) atoms. The zero-order valence-electron chi connectivity index (χ0n) is 25.8. The second-order valence-electron chi connectivity index (χ2n) is 12.9. The first-order valence-electron chi connectivity index (χ1n) is 15.9. The largest absolute Gasteiger partial charge is 0.208 e. The molecule has 1 aromatic heterocycles. The van der Waals surface area contributed by atoms with E-state index >= 15 is 0 Å². The predicted octanol–water partition coefficient (Wildman–Crippen LogP) is 10.4. The van der Waals surface area contributed by atoms with Crippen LogP contribution in [-0.2, 0) is 11.8 Å². The van der Waals surface area contributed by atoms with Gasteiger partial charge in [-0.25, -0.2) is 15.0 Å². The van der Waals surface area contributed by atoms with Crippen molar-refractivity contribution in [3.8, 4) is 67.5 Å². The Morgan fingerprint density at radius 1 is 0.435 bits per heavy atom. The summed E-state index contributed by atoms with van der Waals surface area (Å²) in [4.78, 5) is 14.8. The van der Waals surface area contributed by atoms with Gasteiger partial charge in [0.15, 0.2) is 17.5 Å². The molecule has 0 amide bonds. The minimum atomic E-state index is 0.0110. The van der Waals surface area contributed by atoms with Crippen LogP contribution in [0.3, 0.4) is 0 Å². The van der Waals surface area contributed by atoms with Crippen LogP contribution in [0, 0.1) is 0 Å². The fourth-order valence-corrected chi connectivity index (χ4v) is 7.43.